The van der Waals surface area contributed by atoms with Crippen molar-refractivity contribution in [3.05, 3.63) is 93.9 Å². The second-order valence-corrected chi connectivity index (χ2v) is 8.24. The van der Waals surface area contributed by atoms with Gasteiger partial charge in [0.2, 0.25) is 5.95 Å². The Hall–Kier alpha value is -3.39. The molecular formula is C23H24N6OS. The fraction of sp³-hybridized carbons (Fsp3) is 0.217. The highest BCUT2D eigenvalue weighted by molar-refractivity contribution is 7.98. The fourth-order valence-electron chi connectivity index (χ4n) is 3.18. The van der Waals surface area contributed by atoms with Gasteiger partial charge in [0, 0.05) is 30.2 Å². The van der Waals surface area contributed by atoms with E-state index >= 15 is 0 Å². The van der Waals surface area contributed by atoms with Crippen molar-refractivity contribution in [1.29, 1.82) is 0 Å². The van der Waals surface area contributed by atoms with Crippen LogP contribution in [0.3, 0.4) is 0 Å². The van der Waals surface area contributed by atoms with Crippen LogP contribution in [-0.4, -0.2) is 37.4 Å². The zero-order chi connectivity index (χ0) is 21.5. The number of nitrogens with one attached hydrogen (secondary N) is 3. The van der Waals surface area contributed by atoms with Gasteiger partial charge in [-0.1, -0.05) is 54.6 Å². The lowest BCUT2D eigenvalue weighted by Gasteiger charge is -2.07. The molecule has 8 heteroatoms. The summed E-state index contributed by atoms with van der Waals surface area (Å²) in [7, 11) is 0. The Labute approximate surface area is 184 Å². The third-order valence-electron chi connectivity index (χ3n) is 4.87. The Bertz CT molecular complexity index is 1190. The molecule has 7 nitrogen and oxygen atoms in total. The first-order valence-corrected chi connectivity index (χ1v) is 11.2. The molecule has 0 bridgehead atoms. The minimum absolute atomic E-state index is 0.314. The van der Waals surface area contributed by atoms with Crippen molar-refractivity contribution in [2.45, 2.75) is 19.1 Å². The van der Waals surface area contributed by atoms with Crippen LogP contribution in [0.15, 0.2) is 65.7 Å². The molecule has 2 heterocycles. The van der Waals surface area contributed by atoms with E-state index in [2.05, 4.69) is 54.7 Å². The number of aryl methyl sites for hydroxylation is 1. The van der Waals surface area contributed by atoms with E-state index in [9.17, 15) is 4.79 Å². The number of aromatic amines is 2. The van der Waals surface area contributed by atoms with Gasteiger partial charge in [0.05, 0.1) is 12.0 Å². The standard InChI is InChI=1S/C23H24N6OS/c1-16-21(26-15-25-16)14-31-11-10-24-23-27-22(30)20(28-29-23)13-17-6-5-9-19(12-17)18-7-3-2-4-8-18/h2-9,12,15H,10-11,13-14H2,1H3,(H,25,26)(H2,24,27,29,30). The minimum atomic E-state index is -0.314. The maximum Gasteiger partial charge on any atom is 0.296 e. The summed E-state index contributed by atoms with van der Waals surface area (Å²) in [5.74, 6) is 2.10. The largest absolute Gasteiger partial charge is 0.354 e. The lowest BCUT2D eigenvalue weighted by Crippen LogP contribution is -2.20. The van der Waals surface area contributed by atoms with E-state index in [4.69, 9.17) is 0 Å². The van der Waals surface area contributed by atoms with Gasteiger partial charge < -0.3 is 10.3 Å². The molecule has 2 aromatic heterocycles. The maximum atomic E-state index is 12.4. The highest BCUT2D eigenvalue weighted by Gasteiger charge is 2.08. The summed E-state index contributed by atoms with van der Waals surface area (Å²) in [5, 5.41) is 10.2. The number of anilines is 1. The van der Waals surface area contributed by atoms with Gasteiger partial charge in [-0.2, -0.15) is 21.8 Å². The number of nitrogens with zero attached hydrogens (tertiary/aromatic N) is 3. The van der Waals surface area contributed by atoms with Crippen molar-refractivity contribution >= 4 is 17.7 Å². The first kappa shape index (κ1) is 20.9. The quantitative estimate of drug-likeness (QED) is 0.348. The van der Waals surface area contributed by atoms with Crippen molar-refractivity contribution < 1.29 is 0 Å². The maximum absolute atomic E-state index is 12.4. The summed E-state index contributed by atoms with van der Waals surface area (Å²) in [6.07, 6.45) is 2.14. The SMILES string of the molecule is Cc1[nH]cnc1CSCCNc1nc(=O)c(Cc2cccc(-c3ccccc3)c2)n[nH]1. The van der Waals surface area contributed by atoms with Crippen LogP contribution in [0.25, 0.3) is 11.1 Å². The van der Waals surface area contributed by atoms with Crippen molar-refractivity contribution in [2.75, 3.05) is 17.6 Å². The first-order chi connectivity index (χ1) is 15.2. The van der Waals surface area contributed by atoms with E-state index in [1.54, 1.807) is 18.1 Å². The van der Waals surface area contributed by atoms with E-state index in [0.29, 0.717) is 24.6 Å². The zero-order valence-corrected chi connectivity index (χ0v) is 18.1. The molecule has 0 saturated heterocycles. The molecule has 0 atom stereocenters. The predicted molar refractivity (Wildman–Crippen MR) is 125 cm³/mol. The molecule has 3 N–H and O–H groups in total. The van der Waals surface area contributed by atoms with Crippen molar-refractivity contribution in [3.8, 4) is 11.1 Å². The third-order valence-corrected chi connectivity index (χ3v) is 5.84. The molecule has 0 fully saturated rings. The fourth-order valence-corrected chi connectivity index (χ4v) is 4.06. The normalized spacial score (nSPS) is 10.9. The number of thioether (sulfide) groups is 1. The molecular weight excluding hydrogens is 408 g/mol. The summed E-state index contributed by atoms with van der Waals surface area (Å²) < 4.78 is 0. The number of benzene rings is 2. The Balaban J connectivity index is 1.32. The third kappa shape index (κ3) is 5.61. The van der Waals surface area contributed by atoms with E-state index in [0.717, 1.165) is 39.6 Å². The van der Waals surface area contributed by atoms with Crippen LogP contribution in [-0.2, 0) is 12.2 Å². The van der Waals surface area contributed by atoms with Crippen LogP contribution in [0, 0.1) is 6.92 Å². The average molecular weight is 433 g/mol. The first-order valence-electron chi connectivity index (χ1n) is 10.1. The molecule has 0 radical (unpaired) electrons. The summed E-state index contributed by atoms with van der Waals surface area (Å²) in [6.45, 7) is 2.69. The van der Waals surface area contributed by atoms with Gasteiger partial charge in [-0.15, -0.1) is 0 Å². The summed E-state index contributed by atoms with van der Waals surface area (Å²) in [5.41, 5.74) is 5.53. The highest BCUT2D eigenvalue weighted by atomic mass is 32.2. The molecule has 4 rings (SSSR count). The molecule has 0 aliphatic rings. The molecule has 0 aliphatic heterocycles. The van der Waals surface area contributed by atoms with Crippen LogP contribution < -0.4 is 10.9 Å². The minimum Gasteiger partial charge on any atom is -0.354 e. The summed E-state index contributed by atoms with van der Waals surface area (Å²) >= 11 is 1.77. The molecule has 0 unspecified atom stereocenters. The number of hydrogen-bond acceptors (Lipinski definition) is 6. The van der Waals surface area contributed by atoms with Crippen molar-refractivity contribution in [1.82, 2.24) is 25.1 Å². The van der Waals surface area contributed by atoms with Crippen molar-refractivity contribution in [2.24, 2.45) is 0 Å². The summed E-state index contributed by atoms with van der Waals surface area (Å²) in [4.78, 5) is 23.9. The number of aromatic nitrogens is 5. The monoisotopic (exact) mass is 432 g/mol. The highest BCUT2D eigenvalue weighted by Crippen LogP contribution is 2.20. The lowest BCUT2D eigenvalue weighted by molar-refractivity contribution is 0.864. The number of imidazole rings is 1. The zero-order valence-electron chi connectivity index (χ0n) is 17.3. The van der Waals surface area contributed by atoms with E-state index < -0.39 is 0 Å². The van der Waals surface area contributed by atoms with Gasteiger partial charge in [-0.3, -0.25) is 4.79 Å². The topological polar surface area (TPSA) is 99.3 Å². The molecule has 158 valence electrons. The number of hydrogen-bond donors (Lipinski definition) is 3. The Morgan fingerprint density at radius 3 is 2.65 bits per heavy atom. The van der Waals surface area contributed by atoms with Gasteiger partial charge >= 0.3 is 0 Å². The Morgan fingerprint density at radius 1 is 1.03 bits per heavy atom. The van der Waals surface area contributed by atoms with Gasteiger partial charge in [0.15, 0.2) is 0 Å². The molecule has 2 aromatic carbocycles. The van der Waals surface area contributed by atoms with Gasteiger partial charge in [-0.05, 0) is 23.6 Å². The van der Waals surface area contributed by atoms with Gasteiger partial charge in [0.25, 0.3) is 5.56 Å². The second kappa shape index (κ2) is 10.1. The van der Waals surface area contributed by atoms with Crippen LogP contribution >= 0.6 is 11.8 Å². The number of rotatable bonds is 9. The second-order valence-electron chi connectivity index (χ2n) is 7.13. The lowest BCUT2D eigenvalue weighted by atomic mass is 10.0. The number of H-pyrrole nitrogens is 2. The van der Waals surface area contributed by atoms with Crippen molar-refractivity contribution in [3.63, 3.8) is 0 Å². The molecule has 31 heavy (non-hydrogen) atoms. The molecule has 0 saturated carbocycles. The summed E-state index contributed by atoms with van der Waals surface area (Å²) in [6, 6.07) is 18.3. The van der Waals surface area contributed by atoms with E-state index in [1.807, 2.05) is 37.3 Å². The smallest absolute Gasteiger partial charge is 0.296 e. The molecule has 0 spiro atoms. The van der Waals surface area contributed by atoms with Crippen LogP contribution in [0.4, 0.5) is 5.95 Å². The van der Waals surface area contributed by atoms with Gasteiger partial charge in [0.1, 0.15) is 5.69 Å². The Kier molecular flexibility index (Phi) is 6.78. The van der Waals surface area contributed by atoms with Crippen LogP contribution in [0.1, 0.15) is 22.6 Å². The Morgan fingerprint density at radius 2 is 1.87 bits per heavy atom. The molecule has 0 amide bonds. The van der Waals surface area contributed by atoms with E-state index in [-0.39, 0.29) is 5.56 Å². The van der Waals surface area contributed by atoms with E-state index in [1.165, 1.54) is 0 Å². The van der Waals surface area contributed by atoms with Gasteiger partial charge in [-0.25, -0.2) is 10.1 Å². The predicted octanol–water partition coefficient (Wildman–Crippen LogP) is 3.80. The van der Waals surface area contributed by atoms with Crippen LogP contribution in [0.2, 0.25) is 0 Å². The molecule has 0 aliphatic carbocycles. The molecule has 4 aromatic rings. The van der Waals surface area contributed by atoms with Crippen LogP contribution in [0.5, 0.6) is 0 Å². The average Bonchev–Trinajstić information content (AvgIpc) is 3.21.